The van der Waals surface area contributed by atoms with E-state index in [2.05, 4.69) is 24.4 Å². The van der Waals surface area contributed by atoms with Crippen LogP contribution in [-0.2, 0) is 0 Å². The van der Waals surface area contributed by atoms with Crippen molar-refractivity contribution in [3.8, 4) is 0 Å². The van der Waals surface area contributed by atoms with Gasteiger partial charge < -0.3 is 11.2 Å². The second-order valence-electron chi connectivity index (χ2n) is 2.42. The molecule has 0 aromatic rings. The molecule has 0 aromatic heterocycles. The summed E-state index contributed by atoms with van der Waals surface area (Å²) >= 11 is 0. The highest BCUT2D eigenvalue weighted by Gasteiger charge is 1.95. The van der Waals surface area contributed by atoms with Gasteiger partial charge in [-0.2, -0.15) is 5.10 Å². The molecule has 0 fully saturated rings. The maximum absolute atomic E-state index is 5.47. The minimum atomic E-state index is 0.585. The van der Waals surface area contributed by atoms with E-state index in [-0.39, 0.29) is 0 Å². The molecular formula is C6H15N3. The largest absolute Gasteiger partial charge is 0.386 e. The Bertz CT molecular complexity index is 96.5. The first-order valence-electron chi connectivity index (χ1n) is 3.15. The standard InChI is InChI=1S/C6H15N3/c1-5(2)4-6(7)9-8-3/h5,8H,4H2,1-3H3,(H2,7,9). The van der Waals surface area contributed by atoms with E-state index in [9.17, 15) is 0 Å². The van der Waals surface area contributed by atoms with Crippen molar-refractivity contribution in [3.05, 3.63) is 0 Å². The van der Waals surface area contributed by atoms with E-state index in [4.69, 9.17) is 5.73 Å². The summed E-state index contributed by atoms with van der Waals surface area (Å²) in [6.07, 6.45) is 0.862. The molecular weight excluding hydrogens is 114 g/mol. The van der Waals surface area contributed by atoms with E-state index < -0.39 is 0 Å². The monoisotopic (exact) mass is 129 g/mol. The zero-order chi connectivity index (χ0) is 7.28. The van der Waals surface area contributed by atoms with Gasteiger partial charge in [-0.25, -0.2) is 0 Å². The van der Waals surface area contributed by atoms with Crippen molar-refractivity contribution >= 4 is 5.84 Å². The van der Waals surface area contributed by atoms with Gasteiger partial charge in [0.2, 0.25) is 0 Å². The number of nitrogens with one attached hydrogen (secondary N) is 1. The van der Waals surface area contributed by atoms with Gasteiger partial charge in [0.1, 0.15) is 5.84 Å². The molecule has 0 aliphatic carbocycles. The first kappa shape index (κ1) is 8.27. The molecule has 0 radical (unpaired) electrons. The highest BCUT2D eigenvalue weighted by Crippen LogP contribution is 1.96. The Kier molecular flexibility index (Phi) is 3.84. The van der Waals surface area contributed by atoms with Crippen LogP contribution in [0.15, 0.2) is 5.10 Å². The molecule has 0 heterocycles. The molecule has 0 aliphatic heterocycles. The Balaban J connectivity index is 3.49. The lowest BCUT2D eigenvalue weighted by atomic mass is 10.1. The van der Waals surface area contributed by atoms with Crippen LogP contribution in [0.2, 0.25) is 0 Å². The van der Waals surface area contributed by atoms with Crippen molar-refractivity contribution in [2.75, 3.05) is 7.05 Å². The van der Waals surface area contributed by atoms with Crippen molar-refractivity contribution in [3.63, 3.8) is 0 Å². The van der Waals surface area contributed by atoms with E-state index in [1.54, 1.807) is 7.05 Å². The van der Waals surface area contributed by atoms with Crippen LogP contribution in [0.3, 0.4) is 0 Å². The fraction of sp³-hybridized carbons (Fsp3) is 0.833. The number of nitrogens with zero attached hydrogens (tertiary/aromatic N) is 1. The fourth-order valence-corrected chi connectivity index (χ4v) is 0.608. The van der Waals surface area contributed by atoms with E-state index in [1.807, 2.05) is 0 Å². The molecule has 0 aliphatic rings. The average Bonchev–Trinajstić information content (AvgIpc) is 1.63. The number of hydrazone groups is 1. The summed E-state index contributed by atoms with van der Waals surface area (Å²) in [6.45, 7) is 4.22. The summed E-state index contributed by atoms with van der Waals surface area (Å²) in [5, 5.41) is 3.81. The topological polar surface area (TPSA) is 50.4 Å². The summed E-state index contributed by atoms with van der Waals surface area (Å²) in [5.41, 5.74) is 8.11. The molecule has 0 saturated carbocycles. The van der Waals surface area contributed by atoms with Gasteiger partial charge in [-0.1, -0.05) is 13.8 Å². The molecule has 0 saturated heterocycles. The summed E-state index contributed by atoms with van der Waals surface area (Å²) < 4.78 is 0. The first-order valence-corrected chi connectivity index (χ1v) is 3.15. The SMILES string of the molecule is CNN=C(N)CC(C)C. The van der Waals surface area contributed by atoms with Gasteiger partial charge in [-0.3, -0.25) is 0 Å². The van der Waals surface area contributed by atoms with Gasteiger partial charge in [0.25, 0.3) is 0 Å². The Morgan fingerprint density at radius 1 is 1.67 bits per heavy atom. The number of hydrogen-bond acceptors (Lipinski definition) is 2. The van der Waals surface area contributed by atoms with Crippen molar-refractivity contribution in [2.24, 2.45) is 16.8 Å². The quantitative estimate of drug-likeness (QED) is 0.331. The third kappa shape index (κ3) is 5.14. The van der Waals surface area contributed by atoms with Gasteiger partial charge in [0.05, 0.1) is 0 Å². The highest BCUT2D eigenvalue weighted by molar-refractivity contribution is 5.80. The van der Waals surface area contributed by atoms with Crippen LogP contribution >= 0.6 is 0 Å². The molecule has 0 spiro atoms. The molecule has 3 nitrogen and oxygen atoms in total. The summed E-state index contributed by atoms with van der Waals surface area (Å²) in [4.78, 5) is 0. The fourth-order valence-electron chi connectivity index (χ4n) is 0.608. The van der Waals surface area contributed by atoms with Crippen LogP contribution in [0.4, 0.5) is 0 Å². The predicted molar refractivity (Wildman–Crippen MR) is 40.1 cm³/mol. The Morgan fingerprint density at radius 2 is 2.22 bits per heavy atom. The maximum atomic E-state index is 5.47. The van der Waals surface area contributed by atoms with Gasteiger partial charge in [-0.15, -0.1) is 0 Å². The van der Waals surface area contributed by atoms with Crippen LogP contribution in [0.5, 0.6) is 0 Å². The average molecular weight is 129 g/mol. The van der Waals surface area contributed by atoms with E-state index >= 15 is 0 Å². The minimum absolute atomic E-state index is 0.585. The van der Waals surface area contributed by atoms with E-state index in [0.717, 1.165) is 6.42 Å². The third-order valence-electron chi connectivity index (χ3n) is 0.873. The van der Waals surface area contributed by atoms with Crippen molar-refractivity contribution in [2.45, 2.75) is 20.3 Å². The third-order valence-corrected chi connectivity index (χ3v) is 0.873. The lowest BCUT2D eigenvalue weighted by molar-refractivity contribution is 0.675. The number of hydrogen-bond donors (Lipinski definition) is 2. The molecule has 0 amide bonds. The highest BCUT2D eigenvalue weighted by atomic mass is 15.3. The Morgan fingerprint density at radius 3 is 2.56 bits per heavy atom. The Labute approximate surface area is 56.3 Å². The van der Waals surface area contributed by atoms with Gasteiger partial charge in [0, 0.05) is 13.5 Å². The molecule has 0 aromatic carbocycles. The minimum Gasteiger partial charge on any atom is -0.386 e. The van der Waals surface area contributed by atoms with Crippen molar-refractivity contribution < 1.29 is 0 Å². The molecule has 0 atom stereocenters. The number of amidine groups is 1. The predicted octanol–water partition coefficient (Wildman–Crippen LogP) is 0.524. The zero-order valence-corrected chi connectivity index (χ0v) is 6.31. The van der Waals surface area contributed by atoms with Crippen LogP contribution in [0.1, 0.15) is 20.3 Å². The van der Waals surface area contributed by atoms with Gasteiger partial charge in [0.15, 0.2) is 0 Å². The second-order valence-corrected chi connectivity index (χ2v) is 2.42. The molecule has 0 unspecified atom stereocenters. The molecule has 0 bridgehead atoms. The first-order chi connectivity index (χ1) is 4.16. The molecule has 0 rings (SSSR count). The van der Waals surface area contributed by atoms with Crippen LogP contribution in [-0.4, -0.2) is 12.9 Å². The molecule has 9 heavy (non-hydrogen) atoms. The maximum Gasteiger partial charge on any atom is 0.119 e. The second kappa shape index (κ2) is 4.18. The molecule has 3 N–H and O–H groups in total. The van der Waals surface area contributed by atoms with Crippen molar-refractivity contribution in [1.82, 2.24) is 5.43 Å². The van der Waals surface area contributed by atoms with E-state index in [1.165, 1.54) is 0 Å². The van der Waals surface area contributed by atoms with Crippen LogP contribution < -0.4 is 11.2 Å². The number of nitrogens with two attached hydrogens (primary N) is 1. The lowest BCUT2D eigenvalue weighted by Gasteiger charge is -2.01. The molecule has 3 heteroatoms. The van der Waals surface area contributed by atoms with E-state index in [0.29, 0.717) is 11.8 Å². The van der Waals surface area contributed by atoms with Crippen LogP contribution in [0.25, 0.3) is 0 Å². The zero-order valence-electron chi connectivity index (χ0n) is 6.31. The number of rotatable bonds is 3. The summed E-state index contributed by atoms with van der Waals surface area (Å²) in [5.74, 6) is 1.26. The van der Waals surface area contributed by atoms with Gasteiger partial charge >= 0.3 is 0 Å². The normalized spacial score (nSPS) is 12.2. The lowest BCUT2D eigenvalue weighted by Crippen LogP contribution is -2.17. The Hall–Kier alpha value is -0.730. The smallest absolute Gasteiger partial charge is 0.119 e. The molecule has 54 valence electrons. The summed E-state index contributed by atoms with van der Waals surface area (Å²) in [7, 11) is 1.74. The van der Waals surface area contributed by atoms with Crippen LogP contribution in [0, 0.1) is 5.92 Å². The summed E-state index contributed by atoms with van der Waals surface area (Å²) in [6, 6.07) is 0. The van der Waals surface area contributed by atoms with Crippen molar-refractivity contribution in [1.29, 1.82) is 0 Å². The van der Waals surface area contributed by atoms with Gasteiger partial charge in [-0.05, 0) is 5.92 Å².